The Morgan fingerprint density at radius 3 is 3.06 bits per heavy atom. The van der Waals surface area contributed by atoms with Gasteiger partial charge in [0.1, 0.15) is 17.2 Å². The quantitative estimate of drug-likeness (QED) is 0.909. The Labute approximate surface area is 105 Å². The van der Waals surface area contributed by atoms with Crippen LogP contribution in [0.4, 0.5) is 4.39 Å². The standard InChI is InChI=1S/C14H16FNO2/c15-11-1-2-13-10(6-11)7-14(18-13)12(16)5-9-3-4-17-8-9/h1-2,6-7,9,12H,3-5,8,16H2. The average Bonchev–Trinajstić information content (AvgIpc) is 2.96. The van der Waals surface area contributed by atoms with E-state index in [0.717, 1.165) is 37.2 Å². The fourth-order valence-electron chi connectivity index (χ4n) is 2.46. The van der Waals surface area contributed by atoms with Crippen molar-refractivity contribution in [2.45, 2.75) is 18.9 Å². The molecule has 2 atom stereocenters. The lowest BCUT2D eigenvalue weighted by atomic mass is 9.98. The van der Waals surface area contributed by atoms with E-state index < -0.39 is 0 Å². The van der Waals surface area contributed by atoms with Crippen LogP contribution in [0.5, 0.6) is 0 Å². The van der Waals surface area contributed by atoms with Gasteiger partial charge in [0.15, 0.2) is 0 Å². The Hall–Kier alpha value is -1.39. The second-order valence-corrected chi connectivity index (χ2v) is 4.90. The summed E-state index contributed by atoms with van der Waals surface area (Å²) in [7, 11) is 0. The third kappa shape index (κ3) is 2.26. The molecule has 0 saturated carbocycles. The first kappa shape index (κ1) is 11.7. The highest BCUT2D eigenvalue weighted by Gasteiger charge is 2.21. The number of fused-ring (bicyclic) bond motifs is 1. The summed E-state index contributed by atoms with van der Waals surface area (Å²) in [5.41, 5.74) is 6.82. The predicted molar refractivity (Wildman–Crippen MR) is 66.6 cm³/mol. The van der Waals surface area contributed by atoms with Gasteiger partial charge in [-0.25, -0.2) is 4.39 Å². The van der Waals surface area contributed by atoms with Gasteiger partial charge in [0, 0.05) is 18.6 Å². The molecule has 2 N–H and O–H groups in total. The van der Waals surface area contributed by atoms with Crippen LogP contribution in [0.2, 0.25) is 0 Å². The second-order valence-electron chi connectivity index (χ2n) is 4.90. The lowest BCUT2D eigenvalue weighted by Gasteiger charge is -2.12. The minimum absolute atomic E-state index is 0.146. The molecule has 1 aliphatic heterocycles. The van der Waals surface area contributed by atoms with Crippen LogP contribution in [-0.4, -0.2) is 13.2 Å². The molecule has 2 heterocycles. The minimum atomic E-state index is -0.257. The second kappa shape index (κ2) is 4.71. The molecule has 2 unspecified atom stereocenters. The van der Waals surface area contributed by atoms with Crippen LogP contribution in [0.1, 0.15) is 24.6 Å². The van der Waals surface area contributed by atoms with Crippen molar-refractivity contribution in [2.24, 2.45) is 11.7 Å². The van der Waals surface area contributed by atoms with Crippen LogP contribution in [0, 0.1) is 11.7 Å². The highest BCUT2D eigenvalue weighted by molar-refractivity contribution is 5.77. The highest BCUT2D eigenvalue weighted by Crippen LogP contribution is 2.29. The molecule has 1 aliphatic rings. The molecule has 96 valence electrons. The molecule has 0 amide bonds. The zero-order valence-corrected chi connectivity index (χ0v) is 10.1. The van der Waals surface area contributed by atoms with E-state index in [1.165, 1.54) is 12.1 Å². The monoisotopic (exact) mass is 249 g/mol. The molecule has 0 spiro atoms. The van der Waals surface area contributed by atoms with Gasteiger partial charge >= 0.3 is 0 Å². The molecule has 2 aromatic rings. The number of halogens is 1. The maximum atomic E-state index is 13.1. The Morgan fingerprint density at radius 2 is 2.28 bits per heavy atom. The normalized spacial score (nSPS) is 21.6. The molecule has 0 bridgehead atoms. The van der Waals surface area contributed by atoms with Crippen LogP contribution in [0.15, 0.2) is 28.7 Å². The maximum absolute atomic E-state index is 13.1. The molecule has 0 aliphatic carbocycles. The summed E-state index contributed by atoms with van der Waals surface area (Å²) in [5, 5.41) is 0.767. The van der Waals surface area contributed by atoms with E-state index in [1.54, 1.807) is 6.07 Å². The van der Waals surface area contributed by atoms with Crippen LogP contribution in [-0.2, 0) is 4.74 Å². The molecule has 4 heteroatoms. The summed E-state index contributed by atoms with van der Waals surface area (Å²) in [6, 6.07) is 6.19. The Bertz CT molecular complexity index is 546. The number of hydrogen-bond donors (Lipinski definition) is 1. The van der Waals surface area contributed by atoms with Crippen molar-refractivity contribution in [1.29, 1.82) is 0 Å². The van der Waals surface area contributed by atoms with Gasteiger partial charge in [-0.05, 0) is 43.0 Å². The minimum Gasteiger partial charge on any atom is -0.459 e. The summed E-state index contributed by atoms with van der Waals surface area (Å²) < 4.78 is 24.1. The Morgan fingerprint density at radius 1 is 1.39 bits per heavy atom. The number of nitrogens with two attached hydrogens (primary N) is 1. The summed E-state index contributed by atoms with van der Waals surface area (Å²) in [6.45, 7) is 1.60. The van der Waals surface area contributed by atoms with Crippen molar-refractivity contribution in [2.75, 3.05) is 13.2 Å². The van der Waals surface area contributed by atoms with Crippen LogP contribution >= 0.6 is 0 Å². The summed E-state index contributed by atoms with van der Waals surface area (Å²) >= 11 is 0. The third-order valence-corrected chi connectivity index (χ3v) is 3.47. The fraction of sp³-hybridized carbons (Fsp3) is 0.429. The van der Waals surface area contributed by atoms with Gasteiger partial charge in [0.2, 0.25) is 0 Å². The van der Waals surface area contributed by atoms with E-state index in [2.05, 4.69) is 0 Å². The van der Waals surface area contributed by atoms with Crippen molar-refractivity contribution in [3.8, 4) is 0 Å². The van der Waals surface area contributed by atoms with Crippen molar-refractivity contribution < 1.29 is 13.5 Å². The first-order valence-electron chi connectivity index (χ1n) is 6.24. The van der Waals surface area contributed by atoms with E-state index in [1.807, 2.05) is 6.07 Å². The van der Waals surface area contributed by atoms with E-state index >= 15 is 0 Å². The van der Waals surface area contributed by atoms with Crippen LogP contribution in [0.25, 0.3) is 11.0 Å². The van der Waals surface area contributed by atoms with Crippen molar-refractivity contribution in [3.63, 3.8) is 0 Å². The number of ether oxygens (including phenoxy) is 1. The molecule has 3 nitrogen and oxygen atoms in total. The number of rotatable bonds is 3. The van der Waals surface area contributed by atoms with E-state index in [4.69, 9.17) is 14.9 Å². The topological polar surface area (TPSA) is 48.4 Å². The first-order valence-corrected chi connectivity index (χ1v) is 6.24. The summed E-state index contributed by atoms with van der Waals surface area (Å²) in [5.74, 6) is 0.972. The fourth-order valence-corrected chi connectivity index (χ4v) is 2.46. The van der Waals surface area contributed by atoms with Gasteiger partial charge in [-0.1, -0.05) is 0 Å². The molecule has 1 aromatic heterocycles. The maximum Gasteiger partial charge on any atom is 0.134 e. The third-order valence-electron chi connectivity index (χ3n) is 3.47. The summed E-state index contributed by atoms with van der Waals surface area (Å²) in [4.78, 5) is 0. The van der Waals surface area contributed by atoms with Gasteiger partial charge < -0.3 is 14.9 Å². The Balaban J connectivity index is 1.80. The van der Waals surface area contributed by atoms with Crippen LogP contribution in [0.3, 0.4) is 0 Å². The zero-order chi connectivity index (χ0) is 12.5. The van der Waals surface area contributed by atoms with E-state index in [9.17, 15) is 4.39 Å². The lowest BCUT2D eigenvalue weighted by Crippen LogP contribution is -2.14. The van der Waals surface area contributed by atoms with Gasteiger partial charge in [0.05, 0.1) is 6.04 Å². The summed E-state index contributed by atoms with van der Waals surface area (Å²) in [6.07, 6.45) is 1.91. The average molecular weight is 249 g/mol. The van der Waals surface area contributed by atoms with Gasteiger partial charge in [-0.15, -0.1) is 0 Å². The predicted octanol–water partition coefficient (Wildman–Crippen LogP) is 3.00. The van der Waals surface area contributed by atoms with Crippen molar-refractivity contribution in [3.05, 3.63) is 35.8 Å². The van der Waals surface area contributed by atoms with Crippen molar-refractivity contribution >= 4 is 11.0 Å². The smallest absolute Gasteiger partial charge is 0.134 e. The van der Waals surface area contributed by atoms with Gasteiger partial charge in [-0.3, -0.25) is 0 Å². The van der Waals surface area contributed by atoms with Crippen LogP contribution < -0.4 is 5.73 Å². The molecule has 0 radical (unpaired) electrons. The largest absolute Gasteiger partial charge is 0.459 e. The molecule has 18 heavy (non-hydrogen) atoms. The highest BCUT2D eigenvalue weighted by atomic mass is 19.1. The molecule has 1 fully saturated rings. The molecular weight excluding hydrogens is 233 g/mol. The van der Waals surface area contributed by atoms with Gasteiger partial charge in [-0.2, -0.15) is 0 Å². The number of hydrogen-bond acceptors (Lipinski definition) is 3. The molecule has 3 rings (SSSR count). The Kier molecular flexibility index (Phi) is 3.06. The molecule has 1 saturated heterocycles. The first-order chi connectivity index (χ1) is 8.72. The lowest BCUT2D eigenvalue weighted by molar-refractivity contribution is 0.182. The molecular formula is C14H16FNO2. The van der Waals surface area contributed by atoms with E-state index in [-0.39, 0.29) is 11.9 Å². The van der Waals surface area contributed by atoms with E-state index in [0.29, 0.717) is 11.5 Å². The zero-order valence-electron chi connectivity index (χ0n) is 10.1. The number of benzene rings is 1. The van der Waals surface area contributed by atoms with Crippen molar-refractivity contribution in [1.82, 2.24) is 0 Å². The number of furan rings is 1. The SMILES string of the molecule is NC(CC1CCOC1)c1cc2cc(F)ccc2o1. The van der Waals surface area contributed by atoms with Gasteiger partial charge in [0.25, 0.3) is 0 Å². The molecule has 1 aromatic carbocycles.